The van der Waals surface area contributed by atoms with Crippen LogP contribution in [-0.4, -0.2) is 52.8 Å². The molecule has 1 fully saturated rings. The van der Waals surface area contributed by atoms with Gasteiger partial charge in [0.05, 0.1) is 0 Å². The van der Waals surface area contributed by atoms with Crippen LogP contribution < -0.4 is 0 Å². The Morgan fingerprint density at radius 3 is 2.89 bits per heavy atom. The summed E-state index contributed by atoms with van der Waals surface area (Å²) in [6.45, 7) is 4.42. The van der Waals surface area contributed by atoms with Gasteiger partial charge in [-0.3, -0.25) is 9.89 Å². The monoisotopic (exact) mass is 266 g/mol. The highest BCUT2D eigenvalue weighted by Crippen LogP contribution is 2.16. The fourth-order valence-electron chi connectivity index (χ4n) is 2.31. The van der Waals surface area contributed by atoms with Crippen molar-refractivity contribution in [2.24, 2.45) is 5.92 Å². The first-order chi connectivity index (χ1) is 9.20. The Morgan fingerprint density at radius 2 is 2.21 bits per heavy atom. The summed E-state index contributed by atoms with van der Waals surface area (Å²) in [5, 5.41) is 6.81. The van der Waals surface area contributed by atoms with Gasteiger partial charge in [0.15, 0.2) is 0 Å². The number of aromatic nitrogens is 3. The van der Waals surface area contributed by atoms with Crippen LogP contribution >= 0.6 is 0 Å². The van der Waals surface area contributed by atoms with Crippen molar-refractivity contribution in [2.45, 2.75) is 32.6 Å². The summed E-state index contributed by atoms with van der Waals surface area (Å²) in [6.07, 6.45) is 3.85. The van der Waals surface area contributed by atoms with Crippen LogP contribution in [0.25, 0.3) is 0 Å². The predicted molar refractivity (Wildman–Crippen MR) is 70.9 cm³/mol. The lowest BCUT2D eigenvalue weighted by Crippen LogP contribution is -2.34. The number of hydrogen-bond donors (Lipinski definition) is 1. The Bertz CT molecular complexity index is 413. The van der Waals surface area contributed by atoms with Crippen LogP contribution in [0.1, 0.15) is 42.6 Å². The van der Waals surface area contributed by atoms with Crippen molar-refractivity contribution < 1.29 is 9.53 Å². The van der Waals surface area contributed by atoms with Crippen LogP contribution in [0.4, 0.5) is 0 Å². The highest BCUT2D eigenvalue weighted by Gasteiger charge is 2.21. The molecule has 106 valence electrons. The lowest BCUT2D eigenvalue weighted by atomic mass is 10.00. The maximum absolute atomic E-state index is 12.2. The summed E-state index contributed by atoms with van der Waals surface area (Å²) in [6, 6.07) is 0. The number of nitrogens with zero attached hydrogens (tertiary/aromatic N) is 3. The maximum atomic E-state index is 12.2. The topological polar surface area (TPSA) is 71.1 Å². The van der Waals surface area contributed by atoms with Crippen LogP contribution in [0.15, 0.2) is 0 Å². The molecule has 0 aromatic carbocycles. The SMILES string of the molecule is CCCc1nc(C(=O)N(C)CC2CCOCC2)n[nH]1. The number of nitrogens with one attached hydrogen (secondary N) is 1. The van der Waals surface area contributed by atoms with Crippen molar-refractivity contribution >= 4 is 5.91 Å². The van der Waals surface area contributed by atoms with Crippen LogP contribution in [0.3, 0.4) is 0 Å². The lowest BCUT2D eigenvalue weighted by Gasteiger charge is -2.26. The van der Waals surface area contributed by atoms with E-state index >= 15 is 0 Å². The van der Waals surface area contributed by atoms with E-state index in [2.05, 4.69) is 22.1 Å². The van der Waals surface area contributed by atoms with E-state index in [-0.39, 0.29) is 11.7 Å². The molecule has 0 radical (unpaired) electrons. The molecule has 1 aliphatic rings. The van der Waals surface area contributed by atoms with Gasteiger partial charge in [-0.2, -0.15) is 0 Å². The molecule has 1 N–H and O–H groups in total. The van der Waals surface area contributed by atoms with Crippen molar-refractivity contribution in [1.82, 2.24) is 20.1 Å². The summed E-state index contributed by atoms with van der Waals surface area (Å²) in [4.78, 5) is 18.1. The minimum absolute atomic E-state index is 0.106. The lowest BCUT2D eigenvalue weighted by molar-refractivity contribution is 0.0493. The molecular formula is C13H22N4O2. The molecular weight excluding hydrogens is 244 g/mol. The molecule has 0 atom stereocenters. The number of carbonyl (C=O) groups is 1. The van der Waals surface area contributed by atoms with Gasteiger partial charge < -0.3 is 9.64 Å². The van der Waals surface area contributed by atoms with Crippen LogP contribution in [0.5, 0.6) is 0 Å². The number of aryl methyl sites for hydroxylation is 1. The Hall–Kier alpha value is -1.43. The summed E-state index contributed by atoms with van der Waals surface area (Å²) in [5.41, 5.74) is 0. The summed E-state index contributed by atoms with van der Waals surface area (Å²) < 4.78 is 5.32. The number of hydrogen-bond acceptors (Lipinski definition) is 4. The molecule has 0 spiro atoms. The van der Waals surface area contributed by atoms with Gasteiger partial charge in [0.1, 0.15) is 5.82 Å². The number of aromatic amines is 1. The fraction of sp³-hybridized carbons (Fsp3) is 0.769. The predicted octanol–water partition coefficient (Wildman–Crippen LogP) is 1.26. The Labute approximate surface area is 113 Å². The second-order valence-corrected chi connectivity index (χ2v) is 5.10. The van der Waals surface area contributed by atoms with Crippen LogP contribution in [-0.2, 0) is 11.2 Å². The molecule has 1 aromatic heterocycles. The zero-order chi connectivity index (χ0) is 13.7. The Morgan fingerprint density at radius 1 is 1.47 bits per heavy atom. The van der Waals surface area contributed by atoms with E-state index in [1.165, 1.54) is 0 Å². The zero-order valence-corrected chi connectivity index (χ0v) is 11.7. The number of carbonyl (C=O) groups excluding carboxylic acids is 1. The normalized spacial score (nSPS) is 16.5. The third kappa shape index (κ3) is 3.76. The largest absolute Gasteiger partial charge is 0.381 e. The molecule has 6 heteroatoms. The van der Waals surface area contributed by atoms with E-state index in [1.54, 1.807) is 4.90 Å². The highest BCUT2D eigenvalue weighted by molar-refractivity contribution is 5.90. The molecule has 19 heavy (non-hydrogen) atoms. The average molecular weight is 266 g/mol. The molecule has 2 rings (SSSR count). The van der Waals surface area contributed by atoms with Gasteiger partial charge in [-0.25, -0.2) is 4.98 Å². The number of ether oxygens (including phenoxy) is 1. The van der Waals surface area contributed by atoms with Gasteiger partial charge in [-0.05, 0) is 25.2 Å². The summed E-state index contributed by atoms with van der Waals surface area (Å²) in [5.74, 6) is 1.48. The maximum Gasteiger partial charge on any atom is 0.293 e. The van der Waals surface area contributed by atoms with Gasteiger partial charge in [-0.15, -0.1) is 5.10 Å². The first-order valence-corrected chi connectivity index (χ1v) is 6.95. The number of H-pyrrole nitrogens is 1. The third-order valence-corrected chi connectivity index (χ3v) is 3.43. The molecule has 6 nitrogen and oxygen atoms in total. The standard InChI is InChI=1S/C13H22N4O2/c1-3-4-11-14-12(16-15-11)13(18)17(2)9-10-5-7-19-8-6-10/h10H,3-9H2,1-2H3,(H,14,15,16). The van der Waals surface area contributed by atoms with Gasteiger partial charge in [0.25, 0.3) is 5.91 Å². The molecule has 0 aliphatic carbocycles. The van der Waals surface area contributed by atoms with E-state index in [9.17, 15) is 4.79 Å². The van der Waals surface area contributed by atoms with E-state index < -0.39 is 0 Å². The van der Waals surface area contributed by atoms with Crippen molar-refractivity contribution in [2.75, 3.05) is 26.8 Å². The van der Waals surface area contributed by atoms with Crippen molar-refractivity contribution in [3.63, 3.8) is 0 Å². The minimum Gasteiger partial charge on any atom is -0.381 e. The first kappa shape index (κ1) is 14.0. The molecule has 1 aromatic rings. The van der Waals surface area contributed by atoms with E-state index in [0.717, 1.165) is 51.3 Å². The second-order valence-electron chi connectivity index (χ2n) is 5.10. The molecule has 2 heterocycles. The average Bonchev–Trinajstić information content (AvgIpc) is 2.88. The molecule has 1 saturated heterocycles. The Balaban J connectivity index is 1.89. The quantitative estimate of drug-likeness (QED) is 0.871. The zero-order valence-electron chi connectivity index (χ0n) is 11.7. The van der Waals surface area contributed by atoms with Gasteiger partial charge in [0.2, 0.25) is 5.82 Å². The minimum atomic E-state index is -0.106. The van der Waals surface area contributed by atoms with Gasteiger partial charge in [-0.1, -0.05) is 6.92 Å². The van der Waals surface area contributed by atoms with Crippen LogP contribution in [0.2, 0.25) is 0 Å². The fourth-order valence-corrected chi connectivity index (χ4v) is 2.31. The summed E-state index contributed by atoms with van der Waals surface area (Å²) in [7, 11) is 1.81. The van der Waals surface area contributed by atoms with Crippen molar-refractivity contribution in [3.8, 4) is 0 Å². The highest BCUT2D eigenvalue weighted by atomic mass is 16.5. The molecule has 1 amide bonds. The van der Waals surface area contributed by atoms with Gasteiger partial charge in [0, 0.05) is 33.2 Å². The third-order valence-electron chi connectivity index (χ3n) is 3.43. The molecule has 0 unspecified atom stereocenters. The second kappa shape index (κ2) is 6.65. The number of rotatable bonds is 5. The molecule has 0 saturated carbocycles. The van der Waals surface area contributed by atoms with E-state index in [0.29, 0.717) is 5.92 Å². The van der Waals surface area contributed by atoms with Crippen LogP contribution in [0, 0.1) is 5.92 Å². The van der Waals surface area contributed by atoms with E-state index in [4.69, 9.17) is 4.74 Å². The van der Waals surface area contributed by atoms with Crippen molar-refractivity contribution in [1.29, 1.82) is 0 Å². The van der Waals surface area contributed by atoms with Gasteiger partial charge >= 0.3 is 0 Å². The Kier molecular flexibility index (Phi) is 4.90. The summed E-state index contributed by atoms with van der Waals surface area (Å²) >= 11 is 0. The molecule has 0 bridgehead atoms. The van der Waals surface area contributed by atoms with Crippen molar-refractivity contribution in [3.05, 3.63) is 11.6 Å². The smallest absolute Gasteiger partial charge is 0.293 e. The number of amides is 1. The first-order valence-electron chi connectivity index (χ1n) is 6.95. The van der Waals surface area contributed by atoms with E-state index in [1.807, 2.05) is 7.05 Å². The molecule has 1 aliphatic heterocycles.